The van der Waals surface area contributed by atoms with Crippen molar-refractivity contribution in [2.45, 2.75) is 31.6 Å². The first-order chi connectivity index (χ1) is 13.3. The van der Waals surface area contributed by atoms with E-state index in [-0.39, 0.29) is 30.6 Å². The number of benzene rings is 1. The van der Waals surface area contributed by atoms with Crippen molar-refractivity contribution in [3.8, 4) is 0 Å². The second-order valence-corrected chi connectivity index (χ2v) is 7.84. The van der Waals surface area contributed by atoms with E-state index >= 15 is 0 Å². The summed E-state index contributed by atoms with van der Waals surface area (Å²) in [5, 5.41) is 3.11. The molecule has 1 saturated carbocycles. The van der Waals surface area contributed by atoms with Gasteiger partial charge in [0.1, 0.15) is 6.54 Å². The number of rotatable bonds is 3. The second kappa shape index (κ2) is 7.05. The smallest absolute Gasteiger partial charge is 0.294 e. The Balaban J connectivity index is 1.43. The third-order valence-electron chi connectivity index (χ3n) is 4.90. The third kappa shape index (κ3) is 3.66. The molecule has 9 heteroatoms. The van der Waals surface area contributed by atoms with E-state index in [9.17, 15) is 23.2 Å². The summed E-state index contributed by atoms with van der Waals surface area (Å²) in [4.78, 5) is 41.2. The molecule has 1 aromatic carbocycles. The Morgan fingerprint density at radius 1 is 1.21 bits per heavy atom. The topological polar surface area (TPSA) is 82.3 Å². The van der Waals surface area contributed by atoms with Crippen molar-refractivity contribution in [3.05, 3.63) is 40.9 Å². The van der Waals surface area contributed by atoms with Crippen LogP contribution >= 0.6 is 11.8 Å². The Labute approximate surface area is 163 Å². The third-order valence-corrected chi connectivity index (χ3v) is 5.96. The van der Waals surface area contributed by atoms with Gasteiger partial charge in [0.2, 0.25) is 11.8 Å². The summed E-state index contributed by atoms with van der Waals surface area (Å²) in [5.74, 6) is -3.81. The summed E-state index contributed by atoms with van der Waals surface area (Å²) in [6.07, 6.45) is 1.31. The number of H-pyrrole nitrogens is 1. The Morgan fingerprint density at radius 2 is 1.96 bits per heavy atom. The molecule has 3 amide bonds. The first-order valence-corrected chi connectivity index (χ1v) is 9.65. The van der Waals surface area contributed by atoms with Crippen LogP contribution in [0.4, 0.5) is 19.3 Å². The number of fused-ring (bicyclic) bond motifs is 1. The standard InChI is InChI=1S/C19H17F2N3O3S/c20-19(21)6-3-12(4-7-19)16-17(26)24(18(27)28-16)10-15(25)23-13-2-1-11-5-8-22-14(11)9-13/h1-2,5,8-9,22H,3-4,6-7,10H2,(H,23,25). The van der Waals surface area contributed by atoms with Gasteiger partial charge in [-0.1, -0.05) is 11.6 Å². The molecule has 2 N–H and O–H groups in total. The summed E-state index contributed by atoms with van der Waals surface area (Å²) in [6, 6.07) is 7.22. The fraction of sp³-hybridized carbons (Fsp3) is 0.316. The number of imide groups is 1. The number of anilines is 1. The Morgan fingerprint density at radius 3 is 2.71 bits per heavy atom. The average molecular weight is 405 g/mol. The van der Waals surface area contributed by atoms with Gasteiger partial charge in [0, 0.05) is 30.2 Å². The van der Waals surface area contributed by atoms with Crippen LogP contribution in [0.3, 0.4) is 0 Å². The lowest BCUT2D eigenvalue weighted by Crippen LogP contribution is -2.36. The quantitative estimate of drug-likeness (QED) is 0.748. The number of nitrogens with one attached hydrogen (secondary N) is 2. The van der Waals surface area contributed by atoms with Crippen LogP contribution in [0.2, 0.25) is 0 Å². The molecule has 0 spiro atoms. The summed E-state index contributed by atoms with van der Waals surface area (Å²) < 4.78 is 26.6. The highest BCUT2D eigenvalue weighted by atomic mass is 32.2. The molecule has 1 aliphatic carbocycles. The molecular formula is C19H17F2N3O3S. The number of nitrogens with zero attached hydrogens (tertiary/aromatic N) is 1. The highest BCUT2D eigenvalue weighted by molar-refractivity contribution is 8.18. The van der Waals surface area contributed by atoms with Gasteiger partial charge in [-0.2, -0.15) is 0 Å². The van der Waals surface area contributed by atoms with Crippen molar-refractivity contribution >= 4 is 45.4 Å². The lowest BCUT2D eigenvalue weighted by molar-refractivity contribution is -0.127. The average Bonchev–Trinajstić information content (AvgIpc) is 3.21. The number of thioether (sulfide) groups is 1. The predicted molar refractivity (Wildman–Crippen MR) is 102 cm³/mol. The molecule has 2 fully saturated rings. The van der Waals surface area contributed by atoms with Gasteiger partial charge in [-0.3, -0.25) is 19.3 Å². The summed E-state index contributed by atoms with van der Waals surface area (Å²) in [7, 11) is 0. The fourth-order valence-corrected chi connectivity index (χ4v) is 4.34. The van der Waals surface area contributed by atoms with Gasteiger partial charge < -0.3 is 10.3 Å². The minimum absolute atomic E-state index is 0.0878. The number of alkyl halides is 2. The SMILES string of the molecule is O=C(CN1C(=O)SC(=C2CCC(F)(F)CC2)C1=O)Nc1ccc2cc[nH]c2c1. The molecule has 1 saturated heterocycles. The maximum absolute atomic E-state index is 13.3. The lowest BCUT2D eigenvalue weighted by Gasteiger charge is -2.24. The van der Waals surface area contributed by atoms with Crippen molar-refractivity contribution in [2.24, 2.45) is 0 Å². The number of halogens is 2. The van der Waals surface area contributed by atoms with E-state index in [0.29, 0.717) is 11.3 Å². The van der Waals surface area contributed by atoms with Crippen LogP contribution in [-0.2, 0) is 9.59 Å². The fourth-order valence-electron chi connectivity index (χ4n) is 3.37. The number of hydrogen-bond donors (Lipinski definition) is 2. The molecule has 1 aliphatic heterocycles. The van der Waals surface area contributed by atoms with E-state index in [1.54, 1.807) is 18.3 Å². The predicted octanol–water partition coefficient (Wildman–Crippen LogP) is 4.27. The van der Waals surface area contributed by atoms with Crippen LogP contribution in [-0.4, -0.2) is 39.4 Å². The van der Waals surface area contributed by atoms with Gasteiger partial charge in [-0.25, -0.2) is 8.78 Å². The Bertz CT molecular complexity index is 1000. The molecule has 2 aliphatic rings. The van der Waals surface area contributed by atoms with E-state index in [2.05, 4.69) is 10.3 Å². The number of aromatic amines is 1. The molecular weight excluding hydrogens is 388 g/mol. The monoisotopic (exact) mass is 405 g/mol. The van der Waals surface area contributed by atoms with E-state index in [1.807, 2.05) is 12.1 Å². The van der Waals surface area contributed by atoms with Crippen molar-refractivity contribution < 1.29 is 23.2 Å². The zero-order valence-corrected chi connectivity index (χ0v) is 15.6. The summed E-state index contributed by atoms with van der Waals surface area (Å²) in [6.45, 7) is -0.416. The van der Waals surface area contributed by atoms with Crippen LogP contribution in [0.15, 0.2) is 40.9 Å². The summed E-state index contributed by atoms with van der Waals surface area (Å²) in [5.41, 5.74) is 1.97. The van der Waals surface area contributed by atoms with Gasteiger partial charge in [0.25, 0.3) is 11.1 Å². The highest BCUT2D eigenvalue weighted by Crippen LogP contribution is 2.42. The van der Waals surface area contributed by atoms with Crippen LogP contribution < -0.4 is 5.32 Å². The number of aromatic nitrogens is 1. The molecule has 0 unspecified atom stereocenters. The molecule has 0 radical (unpaired) electrons. The van der Waals surface area contributed by atoms with Crippen LogP contribution in [0.25, 0.3) is 10.9 Å². The molecule has 28 heavy (non-hydrogen) atoms. The molecule has 6 nitrogen and oxygen atoms in total. The Kier molecular flexibility index (Phi) is 4.70. The van der Waals surface area contributed by atoms with E-state index < -0.39 is 29.5 Å². The van der Waals surface area contributed by atoms with E-state index in [1.165, 1.54) is 0 Å². The van der Waals surface area contributed by atoms with Crippen molar-refractivity contribution in [1.82, 2.24) is 9.88 Å². The minimum Gasteiger partial charge on any atom is -0.361 e. The van der Waals surface area contributed by atoms with Crippen LogP contribution in [0.1, 0.15) is 25.7 Å². The highest BCUT2D eigenvalue weighted by Gasteiger charge is 2.41. The van der Waals surface area contributed by atoms with Gasteiger partial charge in [-0.05, 0) is 48.2 Å². The lowest BCUT2D eigenvalue weighted by atomic mass is 9.91. The molecule has 2 heterocycles. The van der Waals surface area contributed by atoms with Crippen molar-refractivity contribution in [1.29, 1.82) is 0 Å². The zero-order valence-electron chi connectivity index (χ0n) is 14.8. The van der Waals surface area contributed by atoms with E-state index in [4.69, 9.17) is 0 Å². The van der Waals surface area contributed by atoms with Gasteiger partial charge in [0.05, 0.1) is 4.91 Å². The first-order valence-electron chi connectivity index (χ1n) is 8.83. The van der Waals surface area contributed by atoms with Gasteiger partial charge in [0.15, 0.2) is 0 Å². The second-order valence-electron chi connectivity index (χ2n) is 6.88. The van der Waals surface area contributed by atoms with E-state index in [0.717, 1.165) is 27.6 Å². The normalized spacial score (nSPS) is 19.6. The minimum atomic E-state index is -2.72. The van der Waals surface area contributed by atoms with Gasteiger partial charge in [-0.15, -0.1) is 0 Å². The number of carbonyl (C=O) groups excluding carboxylic acids is 3. The maximum atomic E-state index is 13.3. The number of amides is 3. The van der Waals surface area contributed by atoms with Crippen LogP contribution in [0.5, 0.6) is 0 Å². The van der Waals surface area contributed by atoms with Gasteiger partial charge >= 0.3 is 0 Å². The maximum Gasteiger partial charge on any atom is 0.294 e. The zero-order chi connectivity index (χ0) is 19.9. The largest absolute Gasteiger partial charge is 0.361 e. The number of allylic oxidation sites excluding steroid dienone is 1. The molecule has 0 bridgehead atoms. The summed E-state index contributed by atoms with van der Waals surface area (Å²) >= 11 is 0.727. The molecule has 1 aromatic heterocycles. The molecule has 4 rings (SSSR count). The molecule has 146 valence electrons. The molecule has 2 aromatic rings. The van der Waals surface area contributed by atoms with Crippen molar-refractivity contribution in [3.63, 3.8) is 0 Å². The number of hydrogen-bond acceptors (Lipinski definition) is 4. The Hall–Kier alpha value is -2.68. The van der Waals surface area contributed by atoms with Crippen molar-refractivity contribution in [2.75, 3.05) is 11.9 Å². The molecule has 0 atom stereocenters. The van der Waals surface area contributed by atoms with Crippen LogP contribution in [0, 0.1) is 0 Å². The first kappa shape index (κ1) is 18.7. The number of carbonyl (C=O) groups is 3.